The van der Waals surface area contributed by atoms with Crippen LogP contribution in [0.5, 0.6) is 11.5 Å². The number of ether oxygens (including phenoxy) is 2. The maximum Gasteiger partial charge on any atom is 0.243 e. The lowest BCUT2D eigenvalue weighted by Gasteiger charge is -2.29. The van der Waals surface area contributed by atoms with Crippen LogP contribution in [0.3, 0.4) is 0 Å². The van der Waals surface area contributed by atoms with Gasteiger partial charge in [-0.05, 0) is 75.6 Å². The van der Waals surface area contributed by atoms with Gasteiger partial charge in [0.2, 0.25) is 15.9 Å². The van der Waals surface area contributed by atoms with Gasteiger partial charge >= 0.3 is 0 Å². The first-order chi connectivity index (χ1) is 14.4. The van der Waals surface area contributed by atoms with Crippen molar-refractivity contribution in [2.24, 2.45) is 0 Å². The van der Waals surface area contributed by atoms with Crippen LogP contribution in [0.15, 0.2) is 36.4 Å². The fourth-order valence-electron chi connectivity index (χ4n) is 3.40. The highest BCUT2D eigenvalue weighted by molar-refractivity contribution is 7.92. The van der Waals surface area contributed by atoms with Crippen molar-refractivity contribution in [3.63, 3.8) is 0 Å². The Morgan fingerprint density at radius 3 is 2.16 bits per heavy atom. The van der Waals surface area contributed by atoms with Crippen LogP contribution < -0.4 is 19.1 Å². The van der Waals surface area contributed by atoms with E-state index in [9.17, 15) is 13.2 Å². The van der Waals surface area contributed by atoms with Gasteiger partial charge in [-0.3, -0.25) is 9.10 Å². The summed E-state index contributed by atoms with van der Waals surface area (Å²) in [6.45, 7) is 9.44. The summed E-state index contributed by atoms with van der Waals surface area (Å²) in [4.78, 5) is 12.8. The predicted octanol–water partition coefficient (Wildman–Crippen LogP) is 3.57. The molecule has 170 valence electrons. The lowest BCUT2D eigenvalue weighted by molar-refractivity contribution is -0.122. The van der Waals surface area contributed by atoms with Crippen LogP contribution in [0.25, 0.3) is 0 Å². The molecule has 0 aliphatic carbocycles. The largest absolute Gasteiger partial charge is 0.493 e. The molecule has 2 rings (SSSR count). The van der Waals surface area contributed by atoms with E-state index in [0.29, 0.717) is 17.2 Å². The molecule has 31 heavy (non-hydrogen) atoms. The second-order valence-electron chi connectivity index (χ2n) is 7.95. The Morgan fingerprint density at radius 2 is 1.65 bits per heavy atom. The predicted molar refractivity (Wildman–Crippen MR) is 123 cm³/mol. The molecule has 0 aliphatic heterocycles. The molecule has 1 unspecified atom stereocenters. The third-order valence-corrected chi connectivity index (χ3v) is 5.85. The van der Waals surface area contributed by atoms with Gasteiger partial charge in [0.05, 0.1) is 25.2 Å². The molecule has 1 amide bonds. The van der Waals surface area contributed by atoms with E-state index in [2.05, 4.69) is 5.32 Å². The molecule has 2 aromatic carbocycles. The summed E-state index contributed by atoms with van der Waals surface area (Å²) in [7, 11) is -2.11. The Kier molecular flexibility index (Phi) is 7.95. The summed E-state index contributed by atoms with van der Waals surface area (Å²) in [5.74, 6) is 0.798. The number of sulfonamides is 1. The lowest BCUT2D eigenvalue weighted by Crippen LogP contribution is -2.47. The summed E-state index contributed by atoms with van der Waals surface area (Å²) in [6, 6.07) is 9.98. The van der Waals surface area contributed by atoms with Crippen LogP contribution in [-0.4, -0.2) is 39.8 Å². The van der Waals surface area contributed by atoms with Crippen molar-refractivity contribution in [1.82, 2.24) is 5.32 Å². The van der Waals surface area contributed by atoms with Gasteiger partial charge in [-0.2, -0.15) is 0 Å². The van der Waals surface area contributed by atoms with Crippen LogP contribution in [0.1, 0.15) is 37.5 Å². The van der Waals surface area contributed by atoms with Crippen molar-refractivity contribution in [2.45, 2.75) is 53.3 Å². The van der Waals surface area contributed by atoms with Crippen molar-refractivity contribution in [1.29, 1.82) is 0 Å². The molecule has 0 saturated carbocycles. The first kappa shape index (κ1) is 24.5. The smallest absolute Gasteiger partial charge is 0.243 e. The number of hydrogen-bond acceptors (Lipinski definition) is 5. The highest BCUT2D eigenvalue weighted by Gasteiger charge is 2.29. The average molecular weight is 449 g/mol. The number of hydrogen-bond donors (Lipinski definition) is 1. The summed E-state index contributed by atoms with van der Waals surface area (Å²) in [5, 5.41) is 2.82. The minimum atomic E-state index is -3.67. The first-order valence-corrected chi connectivity index (χ1v) is 12.0. The van der Waals surface area contributed by atoms with Gasteiger partial charge < -0.3 is 14.8 Å². The van der Waals surface area contributed by atoms with E-state index in [4.69, 9.17) is 9.47 Å². The number of rotatable bonds is 9. The zero-order valence-corrected chi connectivity index (χ0v) is 20.0. The van der Waals surface area contributed by atoms with Crippen LogP contribution in [0.2, 0.25) is 0 Å². The standard InChI is InChI=1S/C23H32N2O5S/c1-15(2)30-21-9-8-19(13-22(21)29-6)14-24-23(26)18(5)25(31(7,27)28)20-11-16(3)10-17(4)12-20/h8-13,15,18H,14H2,1-7H3,(H,24,26). The lowest BCUT2D eigenvalue weighted by atomic mass is 10.1. The van der Waals surface area contributed by atoms with Gasteiger partial charge in [0.1, 0.15) is 6.04 Å². The van der Waals surface area contributed by atoms with E-state index in [-0.39, 0.29) is 12.6 Å². The summed E-state index contributed by atoms with van der Waals surface area (Å²) < 4.78 is 37.2. The normalized spacial score (nSPS) is 12.4. The van der Waals surface area contributed by atoms with Gasteiger partial charge in [-0.25, -0.2) is 8.42 Å². The minimum Gasteiger partial charge on any atom is -0.493 e. The van der Waals surface area contributed by atoms with Crippen molar-refractivity contribution >= 4 is 21.6 Å². The maximum atomic E-state index is 12.8. The highest BCUT2D eigenvalue weighted by atomic mass is 32.2. The van der Waals surface area contributed by atoms with E-state index < -0.39 is 22.0 Å². The zero-order chi connectivity index (χ0) is 23.3. The number of nitrogens with zero attached hydrogens (tertiary/aromatic N) is 1. The maximum absolute atomic E-state index is 12.8. The molecule has 2 aromatic rings. The third-order valence-electron chi connectivity index (χ3n) is 4.61. The Labute approximate surface area is 185 Å². The van der Waals surface area contributed by atoms with E-state index in [1.54, 1.807) is 38.3 Å². The van der Waals surface area contributed by atoms with Crippen LogP contribution in [-0.2, 0) is 21.4 Å². The number of methoxy groups -OCH3 is 1. The molecule has 1 N–H and O–H groups in total. The van der Waals surface area contributed by atoms with E-state index in [1.807, 2.05) is 39.8 Å². The van der Waals surface area contributed by atoms with Crippen LogP contribution in [0.4, 0.5) is 5.69 Å². The van der Waals surface area contributed by atoms with Crippen molar-refractivity contribution in [3.8, 4) is 11.5 Å². The number of aryl methyl sites for hydroxylation is 2. The molecule has 0 radical (unpaired) electrons. The summed E-state index contributed by atoms with van der Waals surface area (Å²) >= 11 is 0. The van der Waals surface area contributed by atoms with E-state index in [0.717, 1.165) is 27.3 Å². The number of amides is 1. The molecule has 0 spiro atoms. The molecule has 0 bridgehead atoms. The number of nitrogens with one attached hydrogen (secondary N) is 1. The Balaban J connectivity index is 2.19. The first-order valence-electron chi connectivity index (χ1n) is 10.1. The highest BCUT2D eigenvalue weighted by Crippen LogP contribution is 2.29. The quantitative estimate of drug-likeness (QED) is 0.634. The van der Waals surface area contributed by atoms with E-state index >= 15 is 0 Å². The molecular weight excluding hydrogens is 416 g/mol. The number of carbonyl (C=O) groups is 1. The Bertz CT molecular complexity index is 1010. The molecule has 0 fully saturated rings. The average Bonchev–Trinajstić information content (AvgIpc) is 2.64. The SMILES string of the molecule is COc1cc(CNC(=O)C(C)N(c2cc(C)cc(C)c2)S(C)(=O)=O)ccc1OC(C)C. The molecule has 0 saturated heterocycles. The molecule has 1 atom stereocenters. The number of carbonyl (C=O) groups excluding carboxylic acids is 1. The Morgan fingerprint density at radius 1 is 1.03 bits per heavy atom. The molecular formula is C23H32N2O5S. The van der Waals surface area contributed by atoms with Gasteiger partial charge in [0.15, 0.2) is 11.5 Å². The monoisotopic (exact) mass is 448 g/mol. The fraction of sp³-hybridized carbons (Fsp3) is 0.435. The zero-order valence-electron chi connectivity index (χ0n) is 19.2. The van der Waals surface area contributed by atoms with Crippen LogP contribution in [0, 0.1) is 13.8 Å². The third kappa shape index (κ3) is 6.62. The molecule has 0 aliphatic rings. The topological polar surface area (TPSA) is 84.9 Å². The van der Waals surface area contributed by atoms with Gasteiger partial charge in [0, 0.05) is 6.54 Å². The van der Waals surface area contributed by atoms with E-state index in [1.165, 1.54) is 0 Å². The van der Waals surface area contributed by atoms with Gasteiger partial charge in [0.25, 0.3) is 0 Å². The van der Waals surface area contributed by atoms with Crippen molar-refractivity contribution < 1.29 is 22.7 Å². The van der Waals surface area contributed by atoms with Gasteiger partial charge in [-0.15, -0.1) is 0 Å². The minimum absolute atomic E-state index is 0.00698. The Hall–Kier alpha value is -2.74. The van der Waals surface area contributed by atoms with Crippen molar-refractivity contribution in [2.75, 3.05) is 17.7 Å². The van der Waals surface area contributed by atoms with Crippen molar-refractivity contribution in [3.05, 3.63) is 53.1 Å². The second kappa shape index (κ2) is 10.0. The van der Waals surface area contributed by atoms with Gasteiger partial charge in [-0.1, -0.05) is 12.1 Å². The number of benzene rings is 2. The molecule has 8 heteroatoms. The summed E-state index contributed by atoms with van der Waals surface area (Å²) in [6.07, 6.45) is 1.11. The number of anilines is 1. The molecule has 0 aromatic heterocycles. The molecule has 0 heterocycles. The summed E-state index contributed by atoms with van der Waals surface area (Å²) in [5.41, 5.74) is 3.13. The fourth-order valence-corrected chi connectivity index (χ4v) is 4.56. The van der Waals surface area contributed by atoms with Crippen LogP contribution >= 0.6 is 0 Å². The molecule has 7 nitrogen and oxygen atoms in total. The second-order valence-corrected chi connectivity index (χ2v) is 9.81.